The maximum absolute atomic E-state index is 5.41. The Bertz CT molecular complexity index is 3200. The van der Waals surface area contributed by atoms with Gasteiger partial charge in [0, 0.05) is 53.2 Å². The predicted molar refractivity (Wildman–Crippen MR) is 234 cm³/mol. The van der Waals surface area contributed by atoms with Gasteiger partial charge >= 0.3 is 0 Å². The van der Waals surface area contributed by atoms with Crippen LogP contribution in [0.3, 0.4) is 0 Å². The summed E-state index contributed by atoms with van der Waals surface area (Å²) in [5, 5.41) is 4.93. The Labute approximate surface area is 327 Å². The normalized spacial score (nSPS) is 11.6. The smallest absolute Gasteiger partial charge is 0.166 e. The minimum Gasteiger partial charge on any atom is -0.308 e. The lowest BCUT2D eigenvalue weighted by molar-refractivity contribution is 1.06. The highest BCUT2D eigenvalue weighted by atomic mass is 32.1. The standard InChI is InChI=1S/C51H32N4S/c1-3-16-33(17-4-1)35-30-31-43(46(32-35)55-44-27-12-9-21-37(44)38-22-10-13-28-45(38)55)51-53-49(34-18-5-2-6-19-34)52-50(54-51)42-24-8-7-20-36(42)40-25-15-26-41-39-23-11-14-29-47(39)56-48(40)41/h1-32H. The van der Waals surface area contributed by atoms with E-state index in [4.69, 9.17) is 15.0 Å². The van der Waals surface area contributed by atoms with Crippen molar-refractivity contribution in [3.63, 3.8) is 0 Å². The number of aromatic nitrogens is 4. The maximum atomic E-state index is 5.41. The van der Waals surface area contributed by atoms with Crippen LogP contribution in [0.25, 0.3) is 104 Å². The summed E-state index contributed by atoms with van der Waals surface area (Å²) in [5.41, 5.74) is 10.6. The molecule has 0 fully saturated rings. The molecule has 262 valence electrons. The zero-order chi connectivity index (χ0) is 37.0. The van der Waals surface area contributed by atoms with E-state index in [9.17, 15) is 0 Å². The van der Waals surface area contributed by atoms with E-state index in [1.807, 2.05) is 29.5 Å². The number of benzene rings is 8. The van der Waals surface area contributed by atoms with Crippen molar-refractivity contribution in [2.24, 2.45) is 0 Å². The van der Waals surface area contributed by atoms with Gasteiger partial charge in [0.15, 0.2) is 17.5 Å². The Morgan fingerprint density at radius 2 is 0.875 bits per heavy atom. The van der Waals surface area contributed by atoms with Crippen LogP contribution >= 0.6 is 11.3 Å². The van der Waals surface area contributed by atoms with Crippen LogP contribution in [0, 0.1) is 0 Å². The van der Waals surface area contributed by atoms with Crippen LogP contribution in [0.5, 0.6) is 0 Å². The molecular weight excluding hydrogens is 701 g/mol. The van der Waals surface area contributed by atoms with Gasteiger partial charge in [0.2, 0.25) is 0 Å². The van der Waals surface area contributed by atoms with Crippen LogP contribution < -0.4 is 0 Å². The maximum Gasteiger partial charge on any atom is 0.166 e. The van der Waals surface area contributed by atoms with Gasteiger partial charge < -0.3 is 4.57 Å². The van der Waals surface area contributed by atoms with Crippen LogP contribution in [-0.2, 0) is 0 Å². The van der Waals surface area contributed by atoms with E-state index < -0.39 is 0 Å². The molecule has 0 amide bonds. The third-order valence-electron chi connectivity index (χ3n) is 10.7. The summed E-state index contributed by atoms with van der Waals surface area (Å²) < 4.78 is 4.90. The van der Waals surface area contributed by atoms with Gasteiger partial charge in [-0.1, -0.05) is 164 Å². The lowest BCUT2D eigenvalue weighted by Crippen LogP contribution is -2.04. The second-order valence-corrected chi connectivity index (χ2v) is 15.0. The minimum atomic E-state index is 0.611. The third kappa shape index (κ3) is 5.32. The first-order valence-electron chi connectivity index (χ1n) is 18.8. The molecule has 56 heavy (non-hydrogen) atoms. The number of thiophene rings is 1. The number of rotatable bonds is 6. The fraction of sp³-hybridized carbons (Fsp3) is 0. The van der Waals surface area contributed by atoms with E-state index in [0.717, 1.165) is 50.1 Å². The van der Waals surface area contributed by atoms with Crippen LogP contribution in [0.4, 0.5) is 0 Å². The average molecular weight is 733 g/mol. The van der Waals surface area contributed by atoms with Gasteiger partial charge in [-0.3, -0.25) is 0 Å². The zero-order valence-corrected chi connectivity index (χ0v) is 31.0. The molecule has 0 aliphatic heterocycles. The van der Waals surface area contributed by atoms with E-state index in [0.29, 0.717) is 17.5 Å². The molecule has 0 spiro atoms. The van der Waals surface area contributed by atoms with E-state index in [-0.39, 0.29) is 0 Å². The molecule has 3 heterocycles. The van der Waals surface area contributed by atoms with Gasteiger partial charge in [-0.2, -0.15) is 0 Å². The molecule has 0 saturated carbocycles. The van der Waals surface area contributed by atoms with Crippen molar-refractivity contribution in [3.8, 4) is 62.1 Å². The summed E-state index contributed by atoms with van der Waals surface area (Å²) >= 11 is 1.83. The first-order valence-corrected chi connectivity index (χ1v) is 19.6. The van der Waals surface area contributed by atoms with Gasteiger partial charge in [-0.05, 0) is 47.0 Å². The van der Waals surface area contributed by atoms with Crippen molar-refractivity contribution in [2.45, 2.75) is 0 Å². The molecule has 0 bridgehead atoms. The lowest BCUT2D eigenvalue weighted by atomic mass is 9.97. The monoisotopic (exact) mass is 732 g/mol. The summed E-state index contributed by atoms with van der Waals surface area (Å²) in [6, 6.07) is 68.5. The van der Waals surface area contributed by atoms with E-state index in [1.54, 1.807) is 0 Å². The Kier molecular flexibility index (Phi) is 7.64. The van der Waals surface area contributed by atoms with Crippen molar-refractivity contribution < 1.29 is 0 Å². The molecule has 0 saturated heterocycles. The van der Waals surface area contributed by atoms with Crippen molar-refractivity contribution in [1.82, 2.24) is 19.5 Å². The van der Waals surface area contributed by atoms with E-state index in [2.05, 4.69) is 180 Å². The second-order valence-electron chi connectivity index (χ2n) is 14.0. The summed E-state index contributed by atoms with van der Waals surface area (Å²) in [5.74, 6) is 1.86. The fourth-order valence-electron chi connectivity index (χ4n) is 8.10. The van der Waals surface area contributed by atoms with Gasteiger partial charge in [-0.25, -0.2) is 15.0 Å². The van der Waals surface area contributed by atoms with Gasteiger partial charge in [0.25, 0.3) is 0 Å². The highest BCUT2D eigenvalue weighted by Gasteiger charge is 2.22. The number of nitrogens with zero attached hydrogens (tertiary/aromatic N) is 4. The summed E-state index contributed by atoms with van der Waals surface area (Å²) in [4.78, 5) is 15.9. The van der Waals surface area contributed by atoms with Crippen LogP contribution in [0.15, 0.2) is 194 Å². The molecule has 4 nitrogen and oxygen atoms in total. The van der Waals surface area contributed by atoms with Gasteiger partial charge in [0.05, 0.1) is 16.7 Å². The van der Waals surface area contributed by atoms with Crippen LogP contribution in [0.2, 0.25) is 0 Å². The summed E-state index contributed by atoms with van der Waals surface area (Å²) in [6.45, 7) is 0. The Morgan fingerprint density at radius 3 is 1.61 bits per heavy atom. The molecule has 0 radical (unpaired) electrons. The molecule has 8 aromatic carbocycles. The Morgan fingerprint density at radius 1 is 0.339 bits per heavy atom. The topological polar surface area (TPSA) is 43.6 Å². The number of hydrogen-bond acceptors (Lipinski definition) is 4. The molecule has 5 heteroatoms. The molecule has 0 unspecified atom stereocenters. The Hall–Kier alpha value is -7.21. The first kappa shape index (κ1) is 32.2. The predicted octanol–water partition coefficient (Wildman–Crippen LogP) is 13.7. The molecule has 11 aromatic rings. The molecule has 11 rings (SSSR count). The SMILES string of the molecule is c1ccc(-c2ccc(-c3nc(-c4ccccc4)nc(-c4ccccc4-c4cccc5c4sc4ccccc45)n3)c(-n3c4ccccc4c4ccccc43)c2)cc1. The summed E-state index contributed by atoms with van der Waals surface area (Å²) in [7, 11) is 0. The third-order valence-corrected chi connectivity index (χ3v) is 11.9. The lowest BCUT2D eigenvalue weighted by Gasteiger charge is -2.17. The van der Waals surface area contributed by atoms with Crippen molar-refractivity contribution >= 4 is 53.3 Å². The molecule has 3 aromatic heterocycles. The molecule has 0 aliphatic rings. The summed E-state index contributed by atoms with van der Waals surface area (Å²) in [6.07, 6.45) is 0. The highest BCUT2D eigenvalue weighted by molar-refractivity contribution is 7.26. The number of fused-ring (bicyclic) bond motifs is 6. The first-order chi connectivity index (χ1) is 27.8. The van der Waals surface area contributed by atoms with Crippen molar-refractivity contribution in [3.05, 3.63) is 194 Å². The second kappa shape index (κ2) is 13.3. The minimum absolute atomic E-state index is 0.611. The molecular formula is C51H32N4S. The van der Waals surface area contributed by atoms with Crippen molar-refractivity contribution in [2.75, 3.05) is 0 Å². The molecule has 0 aliphatic carbocycles. The number of hydrogen-bond donors (Lipinski definition) is 0. The van der Waals surface area contributed by atoms with Gasteiger partial charge in [0.1, 0.15) is 0 Å². The quantitative estimate of drug-likeness (QED) is 0.171. The van der Waals surface area contributed by atoms with Crippen LogP contribution in [-0.4, -0.2) is 19.5 Å². The zero-order valence-electron chi connectivity index (χ0n) is 30.2. The molecule has 0 N–H and O–H groups in total. The largest absolute Gasteiger partial charge is 0.308 e. The van der Waals surface area contributed by atoms with Crippen molar-refractivity contribution in [1.29, 1.82) is 0 Å². The highest BCUT2D eigenvalue weighted by Crippen LogP contribution is 2.43. The average Bonchev–Trinajstić information content (AvgIpc) is 3.83. The molecule has 0 atom stereocenters. The Balaban J connectivity index is 1.19. The fourth-order valence-corrected chi connectivity index (χ4v) is 9.33. The van der Waals surface area contributed by atoms with Gasteiger partial charge in [-0.15, -0.1) is 11.3 Å². The van der Waals surface area contributed by atoms with Crippen LogP contribution in [0.1, 0.15) is 0 Å². The number of para-hydroxylation sites is 2. The van der Waals surface area contributed by atoms with E-state index >= 15 is 0 Å². The van der Waals surface area contributed by atoms with E-state index in [1.165, 1.54) is 36.5 Å².